The van der Waals surface area contributed by atoms with Crippen LogP contribution in [-0.4, -0.2) is 77.0 Å². The van der Waals surface area contributed by atoms with Crippen LogP contribution in [0.15, 0.2) is 58.4 Å². The predicted octanol–water partition coefficient (Wildman–Crippen LogP) is 3.35. The molecule has 1 fully saturated rings. The number of benzene rings is 2. The minimum Gasteiger partial charge on any atom is -0.494 e. The van der Waals surface area contributed by atoms with E-state index in [1.807, 2.05) is 60.8 Å². The predicted molar refractivity (Wildman–Crippen MR) is 157 cm³/mol. The first kappa shape index (κ1) is 27.9. The Morgan fingerprint density at radius 3 is 2.71 bits per heavy atom. The molecule has 0 unspecified atom stereocenters. The highest BCUT2D eigenvalue weighted by molar-refractivity contribution is 7.09. The molecule has 2 aliphatic rings. The lowest BCUT2D eigenvalue weighted by Crippen LogP contribution is -2.43. The molecule has 3 amide bonds. The molecule has 0 saturated carbocycles. The summed E-state index contributed by atoms with van der Waals surface area (Å²) in [5, 5.41) is 10.8. The maximum atomic E-state index is 13.6. The second kappa shape index (κ2) is 12.3. The Bertz CT molecular complexity index is 1600. The number of rotatable bonds is 4. The number of likely N-dealkylation sites (tertiary alicyclic amines) is 1. The van der Waals surface area contributed by atoms with Crippen molar-refractivity contribution in [1.82, 2.24) is 25.3 Å². The Balaban J connectivity index is 1.17. The number of aryl methyl sites for hydroxylation is 1. The molecule has 1 saturated heterocycles. The van der Waals surface area contributed by atoms with Crippen molar-refractivity contribution in [2.45, 2.75) is 32.1 Å². The van der Waals surface area contributed by atoms with Gasteiger partial charge in [-0.1, -0.05) is 29.4 Å². The molecule has 1 N–H and O–H groups in total. The minimum atomic E-state index is -0.421. The van der Waals surface area contributed by atoms with E-state index in [0.29, 0.717) is 62.8 Å². The highest BCUT2D eigenvalue weighted by atomic mass is 32.1. The summed E-state index contributed by atoms with van der Waals surface area (Å²) in [6.07, 6.45) is 0.953. The van der Waals surface area contributed by atoms with Crippen molar-refractivity contribution in [2.75, 3.05) is 39.3 Å². The Morgan fingerprint density at radius 2 is 1.86 bits per heavy atom. The highest BCUT2D eigenvalue weighted by Crippen LogP contribution is 2.35. The van der Waals surface area contributed by atoms with Crippen LogP contribution in [0.4, 0.5) is 0 Å². The van der Waals surface area contributed by atoms with Crippen LogP contribution in [0.5, 0.6) is 5.75 Å². The Labute approximate surface area is 247 Å². The van der Waals surface area contributed by atoms with Crippen molar-refractivity contribution in [3.63, 3.8) is 0 Å². The average Bonchev–Trinajstić information content (AvgIpc) is 3.73. The summed E-state index contributed by atoms with van der Waals surface area (Å²) in [7, 11) is 0. The smallest absolute Gasteiger partial charge is 0.228 e. The summed E-state index contributed by atoms with van der Waals surface area (Å²) in [5.41, 5.74) is 2.97. The second-order valence-electron chi connectivity index (χ2n) is 10.8. The monoisotopic (exact) mass is 587 g/mol. The maximum Gasteiger partial charge on any atom is 0.228 e. The summed E-state index contributed by atoms with van der Waals surface area (Å²) < 4.78 is 11.4. The number of hydrogen-bond donors (Lipinski definition) is 1. The van der Waals surface area contributed by atoms with E-state index in [1.54, 1.807) is 9.80 Å². The van der Waals surface area contributed by atoms with Crippen LogP contribution in [0.2, 0.25) is 0 Å². The van der Waals surface area contributed by atoms with Gasteiger partial charge in [0, 0.05) is 49.4 Å². The lowest BCUT2D eigenvalue weighted by Gasteiger charge is -2.25. The van der Waals surface area contributed by atoms with Gasteiger partial charge in [-0.2, -0.15) is 0 Å². The van der Waals surface area contributed by atoms with E-state index in [2.05, 4.69) is 15.5 Å². The van der Waals surface area contributed by atoms with Gasteiger partial charge < -0.3 is 24.4 Å². The number of aromatic nitrogens is 2. The summed E-state index contributed by atoms with van der Waals surface area (Å²) >= 11 is 1.52. The molecule has 2 aromatic carbocycles. The van der Waals surface area contributed by atoms with Crippen LogP contribution in [-0.2, 0) is 27.2 Å². The molecule has 42 heavy (non-hydrogen) atoms. The molecule has 2 aromatic heterocycles. The van der Waals surface area contributed by atoms with E-state index in [9.17, 15) is 14.4 Å². The molecule has 4 heterocycles. The maximum absolute atomic E-state index is 13.6. The van der Waals surface area contributed by atoms with Crippen LogP contribution in [0.1, 0.15) is 34.3 Å². The summed E-state index contributed by atoms with van der Waals surface area (Å²) in [5.74, 6) is -0.143. The fraction of sp³-hybridized carbons (Fsp3) is 0.387. The van der Waals surface area contributed by atoms with Crippen molar-refractivity contribution in [1.29, 1.82) is 0 Å². The van der Waals surface area contributed by atoms with E-state index in [1.165, 1.54) is 11.3 Å². The average molecular weight is 588 g/mol. The van der Waals surface area contributed by atoms with E-state index in [0.717, 1.165) is 21.7 Å². The molecular weight excluding hydrogens is 554 g/mol. The van der Waals surface area contributed by atoms with Gasteiger partial charge in [-0.05, 0) is 43.2 Å². The molecule has 2 bridgehead atoms. The fourth-order valence-electron chi connectivity index (χ4n) is 5.77. The van der Waals surface area contributed by atoms with Gasteiger partial charge in [0.1, 0.15) is 11.4 Å². The molecule has 10 nitrogen and oxygen atoms in total. The largest absolute Gasteiger partial charge is 0.494 e. The quantitative estimate of drug-likeness (QED) is 0.389. The van der Waals surface area contributed by atoms with Gasteiger partial charge in [-0.3, -0.25) is 14.4 Å². The topological polar surface area (TPSA) is 118 Å². The number of thiazole rings is 1. The molecule has 6 rings (SSSR count). The van der Waals surface area contributed by atoms with Crippen molar-refractivity contribution < 1.29 is 23.6 Å². The Hall–Kier alpha value is -4.25. The molecule has 2 aliphatic heterocycles. The van der Waals surface area contributed by atoms with E-state index >= 15 is 0 Å². The second-order valence-corrected chi connectivity index (χ2v) is 11.9. The zero-order chi connectivity index (χ0) is 29.1. The summed E-state index contributed by atoms with van der Waals surface area (Å²) in [6, 6.07) is 15.3. The third-order valence-electron chi connectivity index (χ3n) is 7.94. The fourth-order valence-corrected chi connectivity index (χ4v) is 6.39. The van der Waals surface area contributed by atoms with Crippen molar-refractivity contribution in [2.24, 2.45) is 5.92 Å². The number of nitrogens with one attached hydrogen (secondary N) is 1. The molecule has 11 heteroatoms. The van der Waals surface area contributed by atoms with Gasteiger partial charge in [0.2, 0.25) is 17.7 Å². The van der Waals surface area contributed by atoms with Crippen LogP contribution in [0.3, 0.4) is 0 Å². The number of fused-ring (bicyclic) bond motifs is 5. The summed E-state index contributed by atoms with van der Waals surface area (Å²) in [4.78, 5) is 48.1. The van der Waals surface area contributed by atoms with Crippen LogP contribution < -0.4 is 10.1 Å². The molecule has 218 valence electrons. The highest BCUT2D eigenvalue weighted by Gasteiger charge is 2.40. The Morgan fingerprint density at radius 1 is 1.02 bits per heavy atom. The van der Waals surface area contributed by atoms with E-state index < -0.39 is 5.92 Å². The van der Waals surface area contributed by atoms with Gasteiger partial charge in [-0.15, -0.1) is 11.3 Å². The number of carbonyl (C=O) groups is 3. The van der Waals surface area contributed by atoms with Crippen LogP contribution in [0, 0.1) is 12.8 Å². The lowest BCUT2D eigenvalue weighted by atomic mass is 9.88. The van der Waals surface area contributed by atoms with E-state index in [-0.39, 0.29) is 36.5 Å². The number of nitrogens with zero attached hydrogens (tertiary/aromatic N) is 4. The van der Waals surface area contributed by atoms with Gasteiger partial charge >= 0.3 is 0 Å². The third-order valence-corrected chi connectivity index (χ3v) is 8.76. The molecule has 2 atom stereocenters. The zero-order valence-electron chi connectivity index (χ0n) is 23.5. The number of para-hydroxylation sites is 1. The molecule has 4 aromatic rings. The summed E-state index contributed by atoms with van der Waals surface area (Å²) in [6.45, 7) is 4.27. The van der Waals surface area contributed by atoms with Crippen molar-refractivity contribution >= 4 is 40.0 Å². The number of carbonyl (C=O) groups excluding carboxylic acids is 3. The van der Waals surface area contributed by atoms with Crippen molar-refractivity contribution in [3.8, 4) is 5.75 Å². The molecular formula is C31H33N5O5S. The number of hydrogen-bond acceptors (Lipinski definition) is 8. The number of ether oxygens (including phenoxy) is 1. The minimum absolute atomic E-state index is 0.0388. The van der Waals surface area contributed by atoms with E-state index in [4.69, 9.17) is 9.26 Å². The Kier molecular flexibility index (Phi) is 8.18. The standard InChI is InChI=1S/C31H33N5O5S/c1-20-33-22(19-42-20)15-29(37)36-17-25-21-6-4-7-23(14-21)40-13-5-11-35(12-10-32-31(39)26(25)18-36)30(38)16-27-24-8-2-3-9-28(24)41-34-27/h2-4,6-9,14,19,25-26H,5,10-13,15-18H2,1H3,(H,32,39)/t25-,26+/m1/s1. The first-order valence-corrected chi connectivity index (χ1v) is 15.1. The zero-order valence-corrected chi connectivity index (χ0v) is 24.3. The van der Waals surface area contributed by atoms with Crippen molar-refractivity contribution in [3.05, 3.63) is 75.9 Å². The van der Waals surface area contributed by atoms with Gasteiger partial charge in [0.25, 0.3) is 0 Å². The molecule has 0 aliphatic carbocycles. The van der Waals surface area contributed by atoms with Gasteiger partial charge in [0.15, 0.2) is 5.58 Å². The first-order chi connectivity index (χ1) is 20.4. The first-order valence-electron chi connectivity index (χ1n) is 14.2. The lowest BCUT2D eigenvalue weighted by molar-refractivity contribution is -0.132. The van der Waals surface area contributed by atoms with Gasteiger partial charge in [-0.25, -0.2) is 4.98 Å². The van der Waals surface area contributed by atoms with Crippen LogP contribution in [0.25, 0.3) is 11.0 Å². The number of amides is 3. The van der Waals surface area contributed by atoms with Crippen LogP contribution >= 0.6 is 11.3 Å². The molecule has 0 radical (unpaired) electrons. The SMILES string of the molecule is Cc1nc(CC(=O)N2C[C@@H]3C(=O)NCCN(C(=O)Cc4noc5ccccc45)CCCOc4cccc(c4)[C@H]3C2)cs1. The normalized spacial score (nSPS) is 19.6. The van der Waals surface area contributed by atoms with Gasteiger partial charge in [0.05, 0.1) is 36.1 Å². The molecule has 0 spiro atoms. The third kappa shape index (κ3) is 6.15.